The van der Waals surface area contributed by atoms with Gasteiger partial charge in [0.25, 0.3) is 0 Å². The Balaban J connectivity index is 3.06. The fourth-order valence-corrected chi connectivity index (χ4v) is 1.17. The van der Waals surface area contributed by atoms with Crippen LogP contribution in [0, 0.1) is 6.92 Å². The van der Waals surface area contributed by atoms with Crippen molar-refractivity contribution in [2.75, 3.05) is 0 Å². The van der Waals surface area contributed by atoms with Crippen LogP contribution in [0.5, 0.6) is 0 Å². The van der Waals surface area contributed by atoms with E-state index in [9.17, 15) is 0 Å². The molecule has 0 aromatic carbocycles. The van der Waals surface area contributed by atoms with Crippen molar-refractivity contribution in [2.45, 2.75) is 33.6 Å². The van der Waals surface area contributed by atoms with Crippen LogP contribution >= 0.6 is 0 Å². The van der Waals surface area contributed by atoms with E-state index in [4.69, 9.17) is 0 Å². The summed E-state index contributed by atoms with van der Waals surface area (Å²) in [4.78, 5) is 0. The highest BCUT2D eigenvalue weighted by molar-refractivity contribution is 5.20. The van der Waals surface area contributed by atoms with Crippen LogP contribution in [-0.2, 0) is 12.8 Å². The third kappa shape index (κ3) is 1.76. The summed E-state index contributed by atoms with van der Waals surface area (Å²) >= 11 is 0. The van der Waals surface area contributed by atoms with Crippen LogP contribution in [0.15, 0.2) is 6.07 Å². The Morgan fingerprint density at radius 2 is 1.91 bits per heavy atom. The van der Waals surface area contributed by atoms with Crippen molar-refractivity contribution in [3.63, 3.8) is 0 Å². The normalized spacial score (nSPS) is 10.1. The molecule has 0 amide bonds. The zero-order valence-corrected chi connectivity index (χ0v) is 7.39. The monoisotopic (exact) mass is 150 g/mol. The van der Waals surface area contributed by atoms with Gasteiger partial charge in [-0.05, 0) is 31.4 Å². The molecule has 1 rings (SSSR count). The van der Waals surface area contributed by atoms with E-state index in [1.54, 1.807) is 0 Å². The average molecular weight is 150 g/mol. The van der Waals surface area contributed by atoms with Gasteiger partial charge < -0.3 is 0 Å². The Morgan fingerprint density at radius 1 is 1.18 bits per heavy atom. The summed E-state index contributed by atoms with van der Waals surface area (Å²) in [5.41, 5.74) is 3.48. The summed E-state index contributed by atoms with van der Waals surface area (Å²) < 4.78 is 0. The van der Waals surface area contributed by atoms with Crippen molar-refractivity contribution < 1.29 is 0 Å². The number of aromatic nitrogens is 2. The molecule has 0 aliphatic carbocycles. The molecule has 1 heterocycles. The highest BCUT2D eigenvalue weighted by Crippen LogP contribution is 2.07. The largest absolute Gasteiger partial charge is 0.156 e. The maximum Gasteiger partial charge on any atom is 0.0660 e. The topological polar surface area (TPSA) is 25.8 Å². The van der Waals surface area contributed by atoms with Crippen molar-refractivity contribution in [1.29, 1.82) is 0 Å². The van der Waals surface area contributed by atoms with Crippen LogP contribution in [0.25, 0.3) is 0 Å². The van der Waals surface area contributed by atoms with E-state index < -0.39 is 0 Å². The Kier molecular flexibility index (Phi) is 2.58. The molecule has 0 N–H and O–H groups in total. The molecule has 0 aliphatic rings. The van der Waals surface area contributed by atoms with Crippen LogP contribution in [-0.4, -0.2) is 10.2 Å². The molecule has 2 heteroatoms. The molecule has 60 valence electrons. The molecule has 0 saturated carbocycles. The number of aryl methyl sites for hydroxylation is 3. The lowest BCUT2D eigenvalue weighted by atomic mass is 10.1. The fourth-order valence-electron chi connectivity index (χ4n) is 1.17. The first-order valence-corrected chi connectivity index (χ1v) is 4.10. The summed E-state index contributed by atoms with van der Waals surface area (Å²) in [7, 11) is 0. The third-order valence-electron chi connectivity index (χ3n) is 1.80. The lowest BCUT2D eigenvalue weighted by Crippen LogP contribution is -1.99. The van der Waals surface area contributed by atoms with E-state index in [0.717, 1.165) is 24.2 Å². The highest BCUT2D eigenvalue weighted by Gasteiger charge is 2.00. The first kappa shape index (κ1) is 8.18. The summed E-state index contributed by atoms with van der Waals surface area (Å²) in [6.07, 6.45) is 2.04. The van der Waals surface area contributed by atoms with Gasteiger partial charge in [0.15, 0.2) is 0 Å². The Morgan fingerprint density at radius 3 is 2.45 bits per heavy atom. The van der Waals surface area contributed by atoms with Crippen molar-refractivity contribution >= 4 is 0 Å². The van der Waals surface area contributed by atoms with Gasteiger partial charge in [0.2, 0.25) is 0 Å². The third-order valence-corrected chi connectivity index (χ3v) is 1.80. The van der Waals surface area contributed by atoms with Gasteiger partial charge >= 0.3 is 0 Å². The lowest BCUT2D eigenvalue weighted by molar-refractivity contribution is 0.856. The maximum atomic E-state index is 4.12. The maximum absolute atomic E-state index is 4.12. The lowest BCUT2D eigenvalue weighted by Gasteiger charge is -2.02. The zero-order valence-electron chi connectivity index (χ0n) is 7.39. The van der Waals surface area contributed by atoms with Crippen LogP contribution < -0.4 is 0 Å². The average Bonchev–Trinajstić information content (AvgIpc) is 2.04. The Bertz CT molecular complexity index is 243. The van der Waals surface area contributed by atoms with E-state index in [1.165, 1.54) is 5.56 Å². The predicted molar refractivity (Wildman–Crippen MR) is 45.5 cm³/mol. The molecule has 0 spiro atoms. The zero-order chi connectivity index (χ0) is 8.27. The van der Waals surface area contributed by atoms with Crippen LogP contribution in [0.1, 0.15) is 30.8 Å². The van der Waals surface area contributed by atoms with Gasteiger partial charge in [-0.25, -0.2) is 0 Å². The van der Waals surface area contributed by atoms with E-state index in [-0.39, 0.29) is 0 Å². The molecule has 0 radical (unpaired) electrons. The van der Waals surface area contributed by atoms with E-state index in [2.05, 4.69) is 30.1 Å². The summed E-state index contributed by atoms with van der Waals surface area (Å²) in [5.74, 6) is 0. The van der Waals surface area contributed by atoms with Gasteiger partial charge in [0.1, 0.15) is 0 Å². The second kappa shape index (κ2) is 3.46. The first-order valence-electron chi connectivity index (χ1n) is 4.10. The minimum Gasteiger partial charge on any atom is -0.156 e. The SMILES string of the molecule is CCc1cc(C)nnc1CC. The quantitative estimate of drug-likeness (QED) is 0.643. The standard InChI is InChI=1S/C9H14N2/c1-4-8-6-7(3)10-11-9(8)5-2/h6H,4-5H2,1-3H3. The molecular weight excluding hydrogens is 136 g/mol. The molecular formula is C9H14N2. The predicted octanol–water partition coefficient (Wildman–Crippen LogP) is 1.91. The second-order valence-corrected chi connectivity index (χ2v) is 2.66. The molecule has 0 aliphatic heterocycles. The van der Waals surface area contributed by atoms with Gasteiger partial charge in [0.05, 0.1) is 11.4 Å². The van der Waals surface area contributed by atoms with Gasteiger partial charge in [-0.15, -0.1) is 0 Å². The van der Waals surface area contributed by atoms with Crippen LogP contribution in [0.4, 0.5) is 0 Å². The van der Waals surface area contributed by atoms with Crippen molar-refractivity contribution in [1.82, 2.24) is 10.2 Å². The molecule has 0 unspecified atom stereocenters. The molecule has 0 saturated heterocycles. The molecule has 0 atom stereocenters. The highest BCUT2D eigenvalue weighted by atomic mass is 15.1. The summed E-state index contributed by atoms with van der Waals surface area (Å²) in [6, 6.07) is 2.12. The van der Waals surface area contributed by atoms with E-state index in [0.29, 0.717) is 0 Å². The van der Waals surface area contributed by atoms with E-state index >= 15 is 0 Å². The number of rotatable bonds is 2. The minimum absolute atomic E-state index is 0.983. The second-order valence-electron chi connectivity index (χ2n) is 2.66. The van der Waals surface area contributed by atoms with Crippen LogP contribution in [0.2, 0.25) is 0 Å². The van der Waals surface area contributed by atoms with Gasteiger partial charge in [-0.3, -0.25) is 0 Å². The van der Waals surface area contributed by atoms with Crippen molar-refractivity contribution in [3.05, 3.63) is 23.0 Å². The fraction of sp³-hybridized carbons (Fsp3) is 0.556. The number of hydrogen-bond acceptors (Lipinski definition) is 2. The number of nitrogens with zero attached hydrogens (tertiary/aromatic N) is 2. The van der Waals surface area contributed by atoms with Crippen molar-refractivity contribution in [2.24, 2.45) is 0 Å². The van der Waals surface area contributed by atoms with Crippen molar-refractivity contribution in [3.8, 4) is 0 Å². The molecule has 1 aromatic heterocycles. The molecule has 0 bridgehead atoms. The first-order chi connectivity index (χ1) is 5.27. The summed E-state index contributed by atoms with van der Waals surface area (Å²) in [6.45, 7) is 6.24. The number of hydrogen-bond donors (Lipinski definition) is 0. The molecule has 1 aromatic rings. The van der Waals surface area contributed by atoms with E-state index in [1.807, 2.05) is 6.92 Å². The molecule has 2 nitrogen and oxygen atoms in total. The van der Waals surface area contributed by atoms with Gasteiger partial charge in [0, 0.05) is 0 Å². The minimum atomic E-state index is 0.983. The van der Waals surface area contributed by atoms with Gasteiger partial charge in [-0.2, -0.15) is 10.2 Å². The molecule has 11 heavy (non-hydrogen) atoms. The van der Waals surface area contributed by atoms with Gasteiger partial charge in [-0.1, -0.05) is 13.8 Å². The smallest absolute Gasteiger partial charge is 0.0660 e. The Hall–Kier alpha value is -0.920. The van der Waals surface area contributed by atoms with Crippen LogP contribution in [0.3, 0.4) is 0 Å². The molecule has 0 fully saturated rings. The summed E-state index contributed by atoms with van der Waals surface area (Å²) in [5, 5.41) is 8.13. The Labute approximate surface area is 67.7 Å².